The van der Waals surface area contributed by atoms with E-state index in [2.05, 4.69) is 9.97 Å². The monoisotopic (exact) mass is 414 g/mol. The first-order valence-corrected chi connectivity index (χ1v) is 9.62. The smallest absolute Gasteiger partial charge is 0.328 e. The van der Waals surface area contributed by atoms with Crippen LogP contribution in [-0.2, 0) is 12.6 Å². The van der Waals surface area contributed by atoms with Crippen molar-refractivity contribution in [3.8, 4) is 0 Å². The van der Waals surface area contributed by atoms with Crippen LogP contribution in [0.1, 0.15) is 58.4 Å². The number of nitrogens with one attached hydrogen (secondary N) is 1. The van der Waals surface area contributed by atoms with Crippen LogP contribution in [0.3, 0.4) is 0 Å². The van der Waals surface area contributed by atoms with E-state index in [-0.39, 0.29) is 17.8 Å². The Morgan fingerprint density at radius 3 is 2.43 bits per heavy atom. The van der Waals surface area contributed by atoms with Gasteiger partial charge in [-0.25, -0.2) is 0 Å². The lowest BCUT2D eigenvalue weighted by molar-refractivity contribution is -0.137. The van der Waals surface area contributed by atoms with Gasteiger partial charge in [0.05, 0.1) is 11.3 Å². The standard InChI is InChI=1S/C23H21F3N2O2/c1-2-4-16-5-3-12-27-22(16)19(13-20(29)17-8-11-21(30)28-14-17)15-6-9-18(10-7-15)23(24,25)26/h3,5-12,14,19H,2,4,13H2,1H3,(H,28,30)/t19-/m0/s1. The molecule has 0 aliphatic heterocycles. The predicted molar refractivity (Wildman–Crippen MR) is 108 cm³/mol. The van der Waals surface area contributed by atoms with Crippen LogP contribution in [0.4, 0.5) is 13.2 Å². The molecule has 4 nitrogen and oxygen atoms in total. The summed E-state index contributed by atoms with van der Waals surface area (Å²) in [5, 5.41) is 0. The molecule has 1 N–H and O–H groups in total. The van der Waals surface area contributed by atoms with E-state index in [0.717, 1.165) is 30.5 Å². The van der Waals surface area contributed by atoms with Gasteiger partial charge in [0.15, 0.2) is 5.78 Å². The Morgan fingerprint density at radius 1 is 1.10 bits per heavy atom. The molecule has 156 valence electrons. The number of ketones is 1. The molecule has 0 saturated heterocycles. The fourth-order valence-electron chi connectivity index (χ4n) is 3.41. The Kier molecular flexibility index (Phi) is 6.50. The first-order valence-electron chi connectivity index (χ1n) is 9.62. The van der Waals surface area contributed by atoms with Gasteiger partial charge in [-0.05, 0) is 41.8 Å². The van der Waals surface area contributed by atoms with Gasteiger partial charge in [-0.3, -0.25) is 14.6 Å². The SMILES string of the molecule is CCCc1cccnc1[C@@H](CC(=O)c1ccc(=O)[nH]c1)c1ccc(C(F)(F)F)cc1. The molecule has 7 heteroatoms. The first kappa shape index (κ1) is 21.5. The second-order valence-electron chi connectivity index (χ2n) is 7.04. The van der Waals surface area contributed by atoms with Crippen molar-refractivity contribution in [1.82, 2.24) is 9.97 Å². The molecule has 1 atom stereocenters. The number of hydrogen-bond donors (Lipinski definition) is 1. The maximum Gasteiger partial charge on any atom is 0.416 e. The number of benzene rings is 1. The number of aryl methyl sites for hydroxylation is 1. The second kappa shape index (κ2) is 9.07. The normalized spacial score (nSPS) is 12.5. The highest BCUT2D eigenvalue weighted by Crippen LogP contribution is 2.34. The van der Waals surface area contributed by atoms with Crippen LogP contribution < -0.4 is 5.56 Å². The van der Waals surface area contributed by atoms with E-state index in [9.17, 15) is 22.8 Å². The number of carbonyl (C=O) groups is 1. The minimum atomic E-state index is -4.43. The fourth-order valence-corrected chi connectivity index (χ4v) is 3.41. The second-order valence-corrected chi connectivity index (χ2v) is 7.04. The Hall–Kier alpha value is -3.22. The van der Waals surface area contributed by atoms with E-state index < -0.39 is 17.7 Å². The van der Waals surface area contributed by atoms with Crippen molar-refractivity contribution in [1.29, 1.82) is 0 Å². The number of rotatable bonds is 7. The number of pyridine rings is 2. The molecule has 0 radical (unpaired) electrons. The van der Waals surface area contributed by atoms with Crippen LogP contribution in [0.2, 0.25) is 0 Å². The molecular formula is C23H21F3N2O2. The summed E-state index contributed by atoms with van der Waals surface area (Å²) in [7, 11) is 0. The van der Waals surface area contributed by atoms with Crippen molar-refractivity contribution in [2.24, 2.45) is 0 Å². The van der Waals surface area contributed by atoms with Crippen LogP contribution in [0, 0.1) is 0 Å². The van der Waals surface area contributed by atoms with Crippen LogP contribution in [0.25, 0.3) is 0 Å². The number of aromatic amines is 1. The zero-order chi connectivity index (χ0) is 21.7. The quantitative estimate of drug-likeness (QED) is 0.544. The van der Waals surface area contributed by atoms with Gasteiger partial charge < -0.3 is 4.98 Å². The topological polar surface area (TPSA) is 62.8 Å². The zero-order valence-electron chi connectivity index (χ0n) is 16.4. The summed E-state index contributed by atoms with van der Waals surface area (Å²) in [4.78, 5) is 31.1. The highest BCUT2D eigenvalue weighted by molar-refractivity contribution is 5.96. The summed E-state index contributed by atoms with van der Waals surface area (Å²) >= 11 is 0. The van der Waals surface area contributed by atoms with Crippen molar-refractivity contribution >= 4 is 5.78 Å². The summed E-state index contributed by atoms with van der Waals surface area (Å²) < 4.78 is 38.9. The van der Waals surface area contributed by atoms with Crippen LogP contribution in [-0.4, -0.2) is 15.8 Å². The minimum absolute atomic E-state index is 0.0190. The Bertz CT molecular complexity index is 1050. The summed E-state index contributed by atoms with van der Waals surface area (Å²) in [6.07, 6.45) is 0.165. The number of carbonyl (C=O) groups excluding carboxylic acids is 1. The number of Topliss-reactive ketones (excluding diaryl/α,β-unsaturated/α-hetero) is 1. The van der Waals surface area contributed by atoms with Gasteiger partial charge in [-0.15, -0.1) is 0 Å². The van der Waals surface area contributed by atoms with Gasteiger partial charge in [0.25, 0.3) is 0 Å². The van der Waals surface area contributed by atoms with Crippen molar-refractivity contribution in [2.45, 2.75) is 38.3 Å². The van der Waals surface area contributed by atoms with Crippen molar-refractivity contribution < 1.29 is 18.0 Å². The molecule has 1 aromatic carbocycles. The lowest BCUT2D eigenvalue weighted by Gasteiger charge is -2.20. The molecule has 2 heterocycles. The third-order valence-electron chi connectivity index (χ3n) is 4.91. The van der Waals surface area contributed by atoms with Crippen LogP contribution >= 0.6 is 0 Å². The van der Waals surface area contributed by atoms with E-state index in [1.807, 2.05) is 19.1 Å². The summed E-state index contributed by atoms with van der Waals surface area (Å²) in [6, 6.07) is 11.3. The molecule has 0 spiro atoms. The van der Waals surface area contributed by atoms with Crippen molar-refractivity contribution in [3.05, 3.63) is 99.2 Å². The molecule has 3 aromatic rings. The lowest BCUT2D eigenvalue weighted by atomic mass is 9.85. The van der Waals surface area contributed by atoms with E-state index in [0.29, 0.717) is 16.8 Å². The number of H-pyrrole nitrogens is 1. The van der Waals surface area contributed by atoms with Gasteiger partial charge in [0.2, 0.25) is 5.56 Å². The van der Waals surface area contributed by atoms with Gasteiger partial charge in [0, 0.05) is 36.4 Å². The number of alkyl halides is 3. The third kappa shape index (κ3) is 5.03. The van der Waals surface area contributed by atoms with Gasteiger partial charge in [-0.1, -0.05) is 31.5 Å². The molecule has 0 aliphatic rings. The van der Waals surface area contributed by atoms with Gasteiger partial charge in [0.1, 0.15) is 0 Å². The Balaban J connectivity index is 2.02. The molecule has 0 fully saturated rings. The maximum atomic E-state index is 13.0. The molecule has 30 heavy (non-hydrogen) atoms. The molecule has 0 saturated carbocycles. The summed E-state index contributed by atoms with van der Waals surface area (Å²) in [5.41, 5.74) is 1.49. The lowest BCUT2D eigenvalue weighted by Crippen LogP contribution is -2.14. The third-order valence-corrected chi connectivity index (χ3v) is 4.91. The minimum Gasteiger partial charge on any atom is -0.328 e. The molecule has 2 aromatic heterocycles. The van der Waals surface area contributed by atoms with E-state index in [4.69, 9.17) is 0 Å². The van der Waals surface area contributed by atoms with Crippen molar-refractivity contribution in [2.75, 3.05) is 0 Å². The van der Waals surface area contributed by atoms with Gasteiger partial charge >= 0.3 is 6.18 Å². The molecule has 0 unspecified atom stereocenters. The predicted octanol–water partition coefficient (Wildman–Crippen LogP) is 5.15. The average molecular weight is 414 g/mol. The summed E-state index contributed by atoms with van der Waals surface area (Å²) in [5.74, 6) is -0.737. The average Bonchev–Trinajstić information content (AvgIpc) is 2.73. The maximum absolute atomic E-state index is 13.0. The molecular weight excluding hydrogens is 393 g/mol. The fraction of sp³-hybridized carbons (Fsp3) is 0.261. The van der Waals surface area contributed by atoms with E-state index in [1.54, 1.807) is 6.20 Å². The zero-order valence-corrected chi connectivity index (χ0v) is 16.4. The first-order chi connectivity index (χ1) is 14.3. The molecule has 0 bridgehead atoms. The number of hydrogen-bond acceptors (Lipinski definition) is 3. The van der Waals surface area contributed by atoms with Crippen molar-refractivity contribution in [3.63, 3.8) is 0 Å². The number of aromatic nitrogens is 2. The molecule has 0 aliphatic carbocycles. The Morgan fingerprint density at radius 2 is 1.83 bits per heavy atom. The number of nitrogens with zero attached hydrogens (tertiary/aromatic N) is 1. The van der Waals surface area contributed by atoms with E-state index >= 15 is 0 Å². The highest BCUT2D eigenvalue weighted by atomic mass is 19.4. The largest absolute Gasteiger partial charge is 0.416 e. The van der Waals surface area contributed by atoms with Crippen LogP contribution in [0.5, 0.6) is 0 Å². The van der Waals surface area contributed by atoms with Crippen LogP contribution in [0.15, 0.2) is 65.7 Å². The molecule has 3 rings (SSSR count). The summed E-state index contributed by atoms with van der Waals surface area (Å²) in [6.45, 7) is 2.02. The molecule has 0 amide bonds. The van der Waals surface area contributed by atoms with Gasteiger partial charge in [-0.2, -0.15) is 13.2 Å². The van der Waals surface area contributed by atoms with E-state index in [1.165, 1.54) is 30.5 Å². The Labute approximate surface area is 171 Å². The highest BCUT2D eigenvalue weighted by Gasteiger charge is 2.31. The number of halogens is 3.